The Morgan fingerprint density at radius 2 is 2.12 bits per heavy atom. The fourth-order valence-corrected chi connectivity index (χ4v) is 2.87. The van der Waals surface area contributed by atoms with Gasteiger partial charge in [-0.15, -0.1) is 0 Å². The number of amides is 2. The fourth-order valence-electron chi connectivity index (χ4n) is 2.87. The highest BCUT2D eigenvalue weighted by Crippen LogP contribution is 2.15. The van der Waals surface area contributed by atoms with Gasteiger partial charge in [0.05, 0.1) is 19.3 Å². The molecule has 8 heteroatoms. The van der Waals surface area contributed by atoms with Gasteiger partial charge in [-0.3, -0.25) is 14.4 Å². The summed E-state index contributed by atoms with van der Waals surface area (Å²) in [6.45, 7) is 1.05. The van der Waals surface area contributed by atoms with E-state index in [9.17, 15) is 14.4 Å². The quantitative estimate of drug-likeness (QED) is 0.777. The number of nitrogens with one attached hydrogen (secondary N) is 2. The van der Waals surface area contributed by atoms with E-state index in [2.05, 4.69) is 15.3 Å². The van der Waals surface area contributed by atoms with Crippen LogP contribution in [-0.4, -0.2) is 52.9 Å². The standard InChI is InChI=1S/C18H20N4O4/c1-26-14-4-2-12(3-5-14)6-7-22-11-13(8-17(22)24)21-18(25)15-9-20-16(23)10-19-15/h2-5,9-10,13H,6-8,11H2,1H3,(H,20,23)(H,21,25). The molecule has 2 aromatic rings. The van der Waals surface area contributed by atoms with Crippen molar-refractivity contribution in [1.29, 1.82) is 0 Å². The number of aromatic nitrogens is 2. The first-order chi connectivity index (χ1) is 12.5. The van der Waals surface area contributed by atoms with Crippen LogP contribution in [0, 0.1) is 0 Å². The van der Waals surface area contributed by atoms with Crippen LogP contribution in [0.3, 0.4) is 0 Å². The molecule has 136 valence electrons. The smallest absolute Gasteiger partial charge is 0.271 e. The van der Waals surface area contributed by atoms with Gasteiger partial charge in [-0.1, -0.05) is 12.1 Å². The summed E-state index contributed by atoms with van der Waals surface area (Å²) in [7, 11) is 1.62. The number of methoxy groups -OCH3 is 1. The third-order valence-electron chi connectivity index (χ3n) is 4.28. The van der Waals surface area contributed by atoms with E-state index in [0.717, 1.165) is 23.9 Å². The Kier molecular flexibility index (Phi) is 5.31. The maximum atomic E-state index is 12.2. The minimum atomic E-state index is -0.406. The topological polar surface area (TPSA) is 104 Å². The Morgan fingerprint density at radius 3 is 2.77 bits per heavy atom. The summed E-state index contributed by atoms with van der Waals surface area (Å²) in [5.74, 6) is 0.402. The number of H-pyrrole nitrogens is 1. The highest BCUT2D eigenvalue weighted by Gasteiger charge is 2.30. The van der Waals surface area contributed by atoms with E-state index in [4.69, 9.17) is 4.74 Å². The molecule has 2 amide bonds. The van der Waals surface area contributed by atoms with E-state index in [1.54, 1.807) is 12.0 Å². The molecule has 2 heterocycles. The van der Waals surface area contributed by atoms with Gasteiger partial charge in [-0.2, -0.15) is 0 Å². The molecule has 1 saturated heterocycles. The van der Waals surface area contributed by atoms with E-state index >= 15 is 0 Å². The number of rotatable bonds is 6. The van der Waals surface area contributed by atoms with Gasteiger partial charge in [0.25, 0.3) is 11.5 Å². The second-order valence-electron chi connectivity index (χ2n) is 6.11. The lowest BCUT2D eigenvalue weighted by atomic mass is 10.1. The number of carbonyl (C=O) groups is 2. The zero-order valence-electron chi connectivity index (χ0n) is 14.4. The summed E-state index contributed by atoms with van der Waals surface area (Å²) in [5.41, 5.74) is 0.861. The van der Waals surface area contributed by atoms with E-state index < -0.39 is 5.91 Å². The van der Waals surface area contributed by atoms with Gasteiger partial charge in [-0.05, 0) is 24.1 Å². The van der Waals surface area contributed by atoms with E-state index in [0.29, 0.717) is 13.1 Å². The van der Waals surface area contributed by atoms with E-state index in [1.807, 2.05) is 24.3 Å². The molecular formula is C18H20N4O4. The third-order valence-corrected chi connectivity index (χ3v) is 4.28. The molecular weight excluding hydrogens is 336 g/mol. The van der Waals surface area contributed by atoms with Gasteiger partial charge < -0.3 is 19.9 Å². The first-order valence-electron chi connectivity index (χ1n) is 8.31. The van der Waals surface area contributed by atoms with Gasteiger partial charge in [0, 0.05) is 25.7 Å². The van der Waals surface area contributed by atoms with Crippen LogP contribution in [0.4, 0.5) is 0 Å². The molecule has 1 aromatic carbocycles. The normalized spacial score (nSPS) is 16.6. The number of benzene rings is 1. The molecule has 26 heavy (non-hydrogen) atoms. The number of likely N-dealkylation sites (tertiary alicyclic amines) is 1. The second kappa shape index (κ2) is 7.81. The number of hydrogen-bond donors (Lipinski definition) is 2. The molecule has 0 aliphatic carbocycles. The Hall–Kier alpha value is -3.16. The number of nitrogens with zero attached hydrogens (tertiary/aromatic N) is 2. The highest BCUT2D eigenvalue weighted by atomic mass is 16.5. The summed E-state index contributed by atoms with van der Waals surface area (Å²) in [6, 6.07) is 7.46. The van der Waals surface area contributed by atoms with Crippen molar-refractivity contribution in [3.63, 3.8) is 0 Å². The Morgan fingerprint density at radius 1 is 1.35 bits per heavy atom. The zero-order valence-corrected chi connectivity index (χ0v) is 14.4. The second-order valence-corrected chi connectivity index (χ2v) is 6.11. The van der Waals surface area contributed by atoms with Crippen LogP contribution in [-0.2, 0) is 11.2 Å². The van der Waals surface area contributed by atoms with Crippen molar-refractivity contribution >= 4 is 11.8 Å². The first kappa shape index (κ1) is 17.7. The molecule has 2 N–H and O–H groups in total. The van der Waals surface area contributed by atoms with Crippen LogP contribution in [0.1, 0.15) is 22.5 Å². The number of hydrogen-bond acceptors (Lipinski definition) is 5. The van der Waals surface area contributed by atoms with Gasteiger partial charge in [0.1, 0.15) is 11.4 Å². The molecule has 1 aliphatic rings. The average molecular weight is 356 g/mol. The monoisotopic (exact) mass is 356 g/mol. The predicted octanol–water partition coefficient (Wildman–Crippen LogP) is 0.352. The Balaban J connectivity index is 1.52. The van der Waals surface area contributed by atoms with Crippen LogP contribution in [0.25, 0.3) is 0 Å². The molecule has 1 aliphatic heterocycles. The van der Waals surface area contributed by atoms with Crippen molar-refractivity contribution in [2.45, 2.75) is 18.9 Å². The first-order valence-corrected chi connectivity index (χ1v) is 8.31. The molecule has 0 saturated carbocycles. The highest BCUT2D eigenvalue weighted by molar-refractivity contribution is 5.93. The molecule has 1 atom stereocenters. The van der Waals surface area contributed by atoms with Gasteiger partial charge in [0.2, 0.25) is 5.91 Å². The predicted molar refractivity (Wildman–Crippen MR) is 94.0 cm³/mol. The van der Waals surface area contributed by atoms with Crippen LogP contribution < -0.4 is 15.6 Å². The van der Waals surface area contributed by atoms with E-state index in [1.165, 1.54) is 6.20 Å². The molecule has 3 rings (SSSR count). The molecule has 8 nitrogen and oxygen atoms in total. The van der Waals surface area contributed by atoms with Gasteiger partial charge in [-0.25, -0.2) is 4.98 Å². The lowest BCUT2D eigenvalue weighted by molar-refractivity contribution is -0.127. The number of ether oxygens (including phenoxy) is 1. The summed E-state index contributed by atoms with van der Waals surface area (Å²) >= 11 is 0. The maximum absolute atomic E-state index is 12.2. The van der Waals surface area contributed by atoms with Gasteiger partial charge >= 0.3 is 0 Å². The van der Waals surface area contributed by atoms with Crippen molar-refractivity contribution in [2.75, 3.05) is 20.2 Å². The molecule has 1 aromatic heterocycles. The lowest BCUT2D eigenvalue weighted by Crippen LogP contribution is -2.38. The lowest BCUT2D eigenvalue weighted by Gasteiger charge is -2.17. The van der Waals surface area contributed by atoms with Crippen LogP contribution in [0.15, 0.2) is 41.5 Å². The molecule has 1 fully saturated rings. The third kappa shape index (κ3) is 4.27. The van der Waals surface area contributed by atoms with Crippen molar-refractivity contribution in [3.05, 3.63) is 58.3 Å². The van der Waals surface area contributed by atoms with Crippen molar-refractivity contribution in [1.82, 2.24) is 20.2 Å². The van der Waals surface area contributed by atoms with Crippen LogP contribution in [0.2, 0.25) is 0 Å². The van der Waals surface area contributed by atoms with E-state index in [-0.39, 0.29) is 29.6 Å². The van der Waals surface area contributed by atoms with Crippen molar-refractivity contribution in [3.8, 4) is 5.75 Å². The minimum absolute atomic E-state index is 0.0123. The Bertz CT molecular complexity index is 827. The van der Waals surface area contributed by atoms with Crippen molar-refractivity contribution in [2.24, 2.45) is 0 Å². The summed E-state index contributed by atoms with van der Waals surface area (Å²) < 4.78 is 5.13. The summed E-state index contributed by atoms with van der Waals surface area (Å²) in [6.07, 6.45) is 3.31. The summed E-state index contributed by atoms with van der Waals surface area (Å²) in [4.78, 5) is 43.2. The summed E-state index contributed by atoms with van der Waals surface area (Å²) in [5, 5.41) is 2.79. The molecule has 0 radical (unpaired) electrons. The van der Waals surface area contributed by atoms with Crippen molar-refractivity contribution < 1.29 is 14.3 Å². The van der Waals surface area contributed by atoms with Crippen LogP contribution >= 0.6 is 0 Å². The van der Waals surface area contributed by atoms with Gasteiger partial charge in [0.15, 0.2) is 0 Å². The Labute approximate surface area is 150 Å². The molecule has 1 unspecified atom stereocenters. The fraction of sp³-hybridized carbons (Fsp3) is 0.333. The molecule has 0 bridgehead atoms. The number of carbonyl (C=O) groups excluding carboxylic acids is 2. The minimum Gasteiger partial charge on any atom is -0.497 e. The number of aromatic amines is 1. The SMILES string of the molecule is COc1ccc(CCN2CC(NC(=O)c3c[nH]c(=O)cn3)CC2=O)cc1. The molecule has 0 spiro atoms. The largest absolute Gasteiger partial charge is 0.497 e. The van der Waals surface area contributed by atoms with Crippen LogP contribution in [0.5, 0.6) is 5.75 Å². The zero-order chi connectivity index (χ0) is 18.5. The average Bonchev–Trinajstić information content (AvgIpc) is 3.00. The maximum Gasteiger partial charge on any atom is 0.271 e.